The van der Waals surface area contributed by atoms with E-state index in [2.05, 4.69) is 16.7 Å². The van der Waals surface area contributed by atoms with E-state index >= 15 is 0 Å². The van der Waals surface area contributed by atoms with Crippen LogP contribution in [0.1, 0.15) is 22.7 Å². The molecule has 2 N–H and O–H groups in total. The van der Waals surface area contributed by atoms with E-state index in [0.29, 0.717) is 27.5 Å². The first kappa shape index (κ1) is 22.9. The number of para-hydroxylation sites is 1. The van der Waals surface area contributed by atoms with Crippen LogP contribution in [0.25, 0.3) is 0 Å². The summed E-state index contributed by atoms with van der Waals surface area (Å²) < 4.78 is 11.4. The number of amides is 2. The van der Waals surface area contributed by atoms with Crippen molar-refractivity contribution in [3.05, 3.63) is 112 Å². The minimum absolute atomic E-state index is 0.0358. The highest BCUT2D eigenvalue weighted by Gasteiger charge is 2.34. The number of hydrogen-bond acceptors (Lipinski definition) is 5. The van der Waals surface area contributed by atoms with E-state index in [1.54, 1.807) is 48.5 Å². The lowest BCUT2D eigenvalue weighted by Gasteiger charge is -2.29. The number of benzene rings is 3. The molecule has 1 atom stereocenters. The molecule has 0 saturated carbocycles. The molecule has 1 heterocycles. The Kier molecular flexibility index (Phi) is 7.11. The van der Waals surface area contributed by atoms with Crippen LogP contribution in [0, 0.1) is 11.3 Å². The molecular formula is C26H20ClN3O4. The Bertz CT molecular complexity index is 1280. The number of halogens is 1. The van der Waals surface area contributed by atoms with Crippen LogP contribution < -0.4 is 15.4 Å². The van der Waals surface area contributed by atoms with Crippen molar-refractivity contribution in [2.75, 3.05) is 6.61 Å². The Hall–Kier alpha value is -4.28. The van der Waals surface area contributed by atoms with Crippen molar-refractivity contribution in [2.45, 2.75) is 12.6 Å². The molecule has 3 aromatic rings. The predicted octanol–water partition coefficient (Wildman–Crippen LogP) is 4.64. The van der Waals surface area contributed by atoms with Crippen LogP contribution in [0.4, 0.5) is 4.79 Å². The largest absolute Gasteiger partial charge is 0.486 e. The van der Waals surface area contributed by atoms with Gasteiger partial charge >= 0.3 is 12.0 Å². The Balaban J connectivity index is 1.64. The third-order valence-corrected chi connectivity index (χ3v) is 5.45. The second-order valence-corrected chi connectivity index (χ2v) is 7.85. The molecule has 0 radical (unpaired) electrons. The van der Waals surface area contributed by atoms with Crippen LogP contribution in [-0.4, -0.2) is 18.6 Å². The number of nitriles is 1. The molecule has 34 heavy (non-hydrogen) atoms. The first-order valence-electron chi connectivity index (χ1n) is 10.4. The van der Waals surface area contributed by atoms with Crippen LogP contribution in [0.2, 0.25) is 5.02 Å². The lowest BCUT2D eigenvalue weighted by atomic mass is 9.95. The van der Waals surface area contributed by atoms with Gasteiger partial charge in [0.1, 0.15) is 19.0 Å². The molecule has 4 rings (SSSR count). The standard InChI is InChI=1S/C26H20ClN3O4/c27-20-11-4-5-12-22(20)33-16-21-23(24(30-26(32)29-21)19-9-2-1-3-10-19)25(31)34-15-18-8-6-7-17(13-18)14-28/h1-13,24H,15-16H2,(H2,29,30,32). The van der Waals surface area contributed by atoms with Crippen molar-refractivity contribution >= 4 is 23.6 Å². The summed E-state index contributed by atoms with van der Waals surface area (Å²) in [5.41, 5.74) is 2.34. The Morgan fingerprint density at radius 1 is 1.00 bits per heavy atom. The summed E-state index contributed by atoms with van der Waals surface area (Å²) in [6.45, 7) is -0.138. The molecule has 3 aromatic carbocycles. The number of carbonyl (C=O) groups excluding carboxylic acids is 2. The van der Waals surface area contributed by atoms with Gasteiger partial charge in [-0.3, -0.25) is 0 Å². The van der Waals surface area contributed by atoms with Crippen LogP contribution in [0.15, 0.2) is 90.1 Å². The van der Waals surface area contributed by atoms with Gasteiger partial charge in [0.05, 0.1) is 34.0 Å². The highest BCUT2D eigenvalue weighted by molar-refractivity contribution is 6.32. The summed E-state index contributed by atoms with van der Waals surface area (Å²) in [5, 5.41) is 15.0. The van der Waals surface area contributed by atoms with Crippen LogP contribution >= 0.6 is 11.6 Å². The monoisotopic (exact) mass is 473 g/mol. The van der Waals surface area contributed by atoms with Crippen molar-refractivity contribution in [1.82, 2.24) is 10.6 Å². The predicted molar refractivity (Wildman–Crippen MR) is 126 cm³/mol. The fourth-order valence-corrected chi connectivity index (χ4v) is 3.73. The SMILES string of the molecule is N#Cc1cccc(COC(=O)C2=C(COc3ccccc3Cl)NC(=O)NC2c2ccccc2)c1. The summed E-state index contributed by atoms with van der Waals surface area (Å²) in [6.07, 6.45) is 0. The van der Waals surface area contributed by atoms with Gasteiger partial charge in [-0.15, -0.1) is 0 Å². The van der Waals surface area contributed by atoms with Gasteiger partial charge in [0.2, 0.25) is 0 Å². The van der Waals surface area contributed by atoms with Gasteiger partial charge in [0.25, 0.3) is 0 Å². The quantitative estimate of drug-likeness (QED) is 0.487. The third kappa shape index (κ3) is 5.37. The smallest absolute Gasteiger partial charge is 0.338 e. The first-order valence-corrected chi connectivity index (χ1v) is 10.8. The Morgan fingerprint density at radius 3 is 2.53 bits per heavy atom. The molecular weight excluding hydrogens is 454 g/mol. The van der Waals surface area contributed by atoms with Gasteiger partial charge in [0, 0.05) is 0 Å². The highest BCUT2D eigenvalue weighted by Crippen LogP contribution is 2.29. The summed E-state index contributed by atoms with van der Waals surface area (Å²) >= 11 is 6.18. The zero-order valence-corrected chi connectivity index (χ0v) is 18.7. The van der Waals surface area contributed by atoms with Crippen molar-refractivity contribution in [1.29, 1.82) is 5.26 Å². The molecule has 2 amide bonds. The molecule has 0 aromatic heterocycles. The molecule has 7 nitrogen and oxygen atoms in total. The zero-order valence-electron chi connectivity index (χ0n) is 18.0. The van der Waals surface area contributed by atoms with E-state index in [-0.39, 0.29) is 24.5 Å². The number of carbonyl (C=O) groups is 2. The zero-order chi connectivity index (χ0) is 23.9. The number of nitrogens with one attached hydrogen (secondary N) is 2. The molecule has 0 bridgehead atoms. The number of hydrogen-bond donors (Lipinski definition) is 2. The van der Waals surface area contributed by atoms with Gasteiger partial charge < -0.3 is 20.1 Å². The number of esters is 1. The molecule has 1 aliphatic heterocycles. The van der Waals surface area contributed by atoms with Crippen LogP contribution in [0.3, 0.4) is 0 Å². The summed E-state index contributed by atoms with van der Waals surface area (Å²) in [6, 6.07) is 23.7. The van der Waals surface area contributed by atoms with Crippen LogP contribution in [-0.2, 0) is 16.1 Å². The topological polar surface area (TPSA) is 100 Å². The Labute approximate surface area is 201 Å². The minimum Gasteiger partial charge on any atom is -0.486 e. The van der Waals surface area contributed by atoms with E-state index in [1.807, 2.05) is 30.3 Å². The van der Waals surface area contributed by atoms with E-state index in [1.165, 1.54) is 0 Å². The first-order chi connectivity index (χ1) is 16.5. The maximum Gasteiger partial charge on any atom is 0.338 e. The molecule has 0 fully saturated rings. The lowest BCUT2D eigenvalue weighted by Crippen LogP contribution is -2.47. The average Bonchev–Trinajstić information content (AvgIpc) is 2.87. The number of urea groups is 1. The van der Waals surface area contributed by atoms with Gasteiger partial charge in [-0.25, -0.2) is 9.59 Å². The molecule has 8 heteroatoms. The van der Waals surface area contributed by atoms with E-state index in [4.69, 9.17) is 26.3 Å². The summed E-state index contributed by atoms with van der Waals surface area (Å²) in [4.78, 5) is 25.7. The molecule has 0 saturated heterocycles. The molecule has 1 aliphatic rings. The van der Waals surface area contributed by atoms with E-state index in [9.17, 15) is 9.59 Å². The lowest BCUT2D eigenvalue weighted by molar-refractivity contribution is -0.140. The van der Waals surface area contributed by atoms with Gasteiger partial charge in [-0.1, -0.05) is 66.2 Å². The average molecular weight is 474 g/mol. The van der Waals surface area contributed by atoms with Crippen molar-refractivity contribution in [3.63, 3.8) is 0 Å². The van der Waals surface area contributed by atoms with Gasteiger partial charge in [0.15, 0.2) is 0 Å². The van der Waals surface area contributed by atoms with E-state index in [0.717, 1.165) is 0 Å². The van der Waals surface area contributed by atoms with E-state index < -0.39 is 18.0 Å². The Morgan fingerprint density at radius 2 is 1.76 bits per heavy atom. The van der Waals surface area contributed by atoms with Gasteiger partial charge in [-0.2, -0.15) is 5.26 Å². The highest BCUT2D eigenvalue weighted by atomic mass is 35.5. The maximum atomic E-state index is 13.3. The fourth-order valence-electron chi connectivity index (χ4n) is 3.54. The van der Waals surface area contributed by atoms with Crippen molar-refractivity contribution in [2.24, 2.45) is 0 Å². The van der Waals surface area contributed by atoms with Crippen LogP contribution in [0.5, 0.6) is 5.75 Å². The summed E-state index contributed by atoms with van der Waals surface area (Å²) in [5.74, 6) is -0.205. The molecule has 0 aliphatic carbocycles. The molecule has 0 spiro atoms. The summed E-state index contributed by atoms with van der Waals surface area (Å²) in [7, 11) is 0. The normalized spacial score (nSPS) is 15.1. The maximum absolute atomic E-state index is 13.3. The van der Waals surface area contributed by atoms with Crippen molar-refractivity contribution in [3.8, 4) is 11.8 Å². The number of rotatable bonds is 7. The molecule has 1 unspecified atom stereocenters. The second-order valence-electron chi connectivity index (χ2n) is 7.44. The number of ether oxygens (including phenoxy) is 2. The second kappa shape index (κ2) is 10.6. The number of nitrogens with zero attached hydrogens (tertiary/aromatic N) is 1. The fraction of sp³-hybridized carbons (Fsp3) is 0.115. The third-order valence-electron chi connectivity index (χ3n) is 5.14. The van der Waals surface area contributed by atoms with Crippen molar-refractivity contribution < 1.29 is 19.1 Å². The van der Waals surface area contributed by atoms with Gasteiger partial charge in [-0.05, 0) is 35.4 Å². The molecule has 170 valence electrons. The minimum atomic E-state index is -0.738.